The number of aliphatic carboxylic acids is 1. The molecular weight excluding hydrogens is 582 g/mol. The van der Waals surface area contributed by atoms with E-state index < -0.39 is 5.97 Å². The summed E-state index contributed by atoms with van der Waals surface area (Å²) in [7, 11) is 0. The van der Waals surface area contributed by atoms with E-state index in [0.717, 1.165) is 122 Å². The zero-order chi connectivity index (χ0) is 31.3. The minimum absolute atomic E-state index is 0.127. The van der Waals surface area contributed by atoms with Crippen molar-refractivity contribution in [1.82, 2.24) is 20.4 Å². The number of carbonyl (C=O) groups is 3. The number of fused-ring (bicyclic) bond motifs is 1. The van der Waals surface area contributed by atoms with Crippen LogP contribution in [0.25, 0.3) is 0 Å². The van der Waals surface area contributed by atoms with E-state index in [-0.39, 0.29) is 30.3 Å². The highest BCUT2D eigenvalue weighted by Crippen LogP contribution is 2.38. The second kappa shape index (κ2) is 17.8. The predicted molar refractivity (Wildman–Crippen MR) is 173 cm³/mol. The number of benzene rings is 1. The summed E-state index contributed by atoms with van der Waals surface area (Å²) in [6, 6.07) is 2.00. The third kappa shape index (κ3) is 10.8. The molecule has 1 aromatic rings. The summed E-state index contributed by atoms with van der Waals surface area (Å²) in [6.45, 7) is 6.53. The first-order chi connectivity index (χ1) is 21.3. The Balaban J connectivity index is 1.02. The number of piperidine rings is 2. The molecule has 10 nitrogen and oxygen atoms in total. The molecule has 3 aliphatic heterocycles. The molecule has 0 saturated carbocycles. The van der Waals surface area contributed by atoms with Crippen LogP contribution in [0, 0.1) is 0 Å². The highest BCUT2D eigenvalue weighted by Gasteiger charge is 2.28. The first kappa shape index (κ1) is 34.3. The van der Waals surface area contributed by atoms with Gasteiger partial charge in [-0.3, -0.25) is 14.4 Å². The smallest absolute Gasteiger partial charge is 0.303 e. The number of nitrogens with zero attached hydrogens (tertiary/aromatic N) is 2. The molecule has 1 aromatic carbocycles. The lowest BCUT2D eigenvalue weighted by molar-refractivity contribution is -0.137. The van der Waals surface area contributed by atoms with E-state index in [0.29, 0.717) is 41.5 Å². The number of nitrogens with one attached hydrogen (secondary N) is 2. The molecule has 0 unspecified atom stereocenters. The number of ether oxygens (including phenoxy) is 1. The lowest BCUT2D eigenvalue weighted by Gasteiger charge is -2.33. The molecule has 0 aliphatic carbocycles. The molecule has 0 bridgehead atoms. The lowest BCUT2D eigenvalue weighted by atomic mass is 10.0. The van der Waals surface area contributed by atoms with Gasteiger partial charge in [0.2, 0.25) is 5.91 Å². The van der Waals surface area contributed by atoms with Crippen LogP contribution in [0.5, 0.6) is 5.75 Å². The summed E-state index contributed by atoms with van der Waals surface area (Å²) in [5.41, 5.74) is 7.89. The second-order valence-corrected chi connectivity index (χ2v) is 13.2. The van der Waals surface area contributed by atoms with Crippen molar-refractivity contribution in [2.24, 2.45) is 0 Å². The van der Waals surface area contributed by atoms with E-state index in [1.165, 1.54) is 0 Å². The summed E-state index contributed by atoms with van der Waals surface area (Å²) in [6.07, 6.45) is 13.7. The van der Waals surface area contributed by atoms with Gasteiger partial charge in [0, 0.05) is 56.5 Å². The van der Waals surface area contributed by atoms with Crippen LogP contribution in [0.2, 0.25) is 5.02 Å². The van der Waals surface area contributed by atoms with Gasteiger partial charge in [-0.05, 0) is 77.1 Å². The minimum atomic E-state index is -0.704. The Bertz CT molecular complexity index is 1110. The van der Waals surface area contributed by atoms with Crippen molar-refractivity contribution in [3.05, 3.63) is 22.2 Å². The molecule has 2 amide bonds. The maximum atomic E-state index is 13.0. The Labute approximate surface area is 267 Å². The maximum Gasteiger partial charge on any atom is 0.303 e. The quantitative estimate of drug-likeness (QED) is 0.144. The van der Waals surface area contributed by atoms with Gasteiger partial charge in [0.15, 0.2) is 0 Å². The Hall–Kier alpha value is -2.56. The van der Waals surface area contributed by atoms with E-state index in [1.807, 2.05) is 0 Å². The van der Waals surface area contributed by atoms with Gasteiger partial charge < -0.3 is 36.0 Å². The molecule has 0 radical (unpaired) electrons. The van der Waals surface area contributed by atoms with Gasteiger partial charge in [-0.25, -0.2) is 0 Å². The number of carbonyl (C=O) groups excluding carboxylic acids is 2. The van der Waals surface area contributed by atoms with E-state index in [1.54, 1.807) is 6.07 Å². The topological polar surface area (TPSA) is 137 Å². The van der Waals surface area contributed by atoms with Crippen LogP contribution in [0.1, 0.15) is 106 Å². The van der Waals surface area contributed by atoms with E-state index in [4.69, 9.17) is 27.2 Å². The Morgan fingerprint density at radius 2 is 1.57 bits per heavy atom. The maximum absolute atomic E-state index is 13.0. The first-order valence-electron chi connectivity index (χ1n) is 16.8. The number of halogens is 1. The van der Waals surface area contributed by atoms with Gasteiger partial charge in [0.05, 0.1) is 22.9 Å². The van der Waals surface area contributed by atoms with E-state index >= 15 is 0 Å². The molecule has 3 heterocycles. The average Bonchev–Trinajstić information content (AvgIpc) is 3.49. The number of carboxylic acid groups (broad SMARTS) is 1. The molecular formula is C33H52ClN5O5. The van der Waals surface area contributed by atoms with Gasteiger partial charge in [-0.2, -0.15) is 0 Å². The van der Waals surface area contributed by atoms with Crippen LogP contribution in [0.15, 0.2) is 6.07 Å². The van der Waals surface area contributed by atoms with Crippen molar-refractivity contribution in [2.75, 3.05) is 51.6 Å². The number of hydrogen-bond acceptors (Lipinski definition) is 7. The van der Waals surface area contributed by atoms with Crippen LogP contribution in [-0.2, 0) is 16.0 Å². The van der Waals surface area contributed by atoms with Gasteiger partial charge in [-0.1, -0.05) is 37.3 Å². The van der Waals surface area contributed by atoms with Gasteiger partial charge in [-0.15, -0.1) is 0 Å². The molecule has 4 rings (SSSR count). The molecule has 11 heteroatoms. The first-order valence-corrected chi connectivity index (χ1v) is 17.2. The lowest BCUT2D eigenvalue weighted by Crippen LogP contribution is -2.47. The number of likely N-dealkylation sites (tertiary alicyclic amines) is 2. The average molecular weight is 634 g/mol. The molecule has 0 aromatic heterocycles. The third-order valence-electron chi connectivity index (χ3n) is 9.25. The summed E-state index contributed by atoms with van der Waals surface area (Å²) in [5.74, 6) is -0.107. The van der Waals surface area contributed by atoms with Crippen LogP contribution in [0.4, 0.5) is 5.69 Å². The molecule has 5 N–H and O–H groups in total. The number of anilines is 1. The highest BCUT2D eigenvalue weighted by molar-refractivity contribution is 6.33. The molecule has 44 heavy (non-hydrogen) atoms. The van der Waals surface area contributed by atoms with Crippen molar-refractivity contribution in [2.45, 2.75) is 108 Å². The number of hydrogen-bond donors (Lipinski definition) is 4. The Morgan fingerprint density at radius 3 is 2.34 bits per heavy atom. The van der Waals surface area contributed by atoms with Crippen LogP contribution in [-0.4, -0.2) is 90.6 Å². The molecule has 3 aliphatic rings. The number of nitrogens with two attached hydrogens (primary N) is 1. The fourth-order valence-corrected chi connectivity index (χ4v) is 6.94. The van der Waals surface area contributed by atoms with Crippen molar-refractivity contribution in [3.8, 4) is 5.75 Å². The largest absolute Gasteiger partial charge is 0.492 e. The molecule has 0 spiro atoms. The second-order valence-electron chi connectivity index (χ2n) is 12.7. The summed E-state index contributed by atoms with van der Waals surface area (Å²) in [5, 5.41) is 15.6. The van der Waals surface area contributed by atoms with Gasteiger partial charge in [0.1, 0.15) is 5.75 Å². The molecule has 2 fully saturated rings. The Morgan fingerprint density at radius 1 is 0.886 bits per heavy atom. The van der Waals surface area contributed by atoms with Crippen molar-refractivity contribution in [1.29, 1.82) is 0 Å². The highest BCUT2D eigenvalue weighted by atomic mass is 35.5. The molecule has 1 atom stereocenters. The standard InChI is InChI=1S/C33H52ClN5O5/c34-28-22-27(32-26(31(28)35)15-21-44-32)33(43)37-24-13-19-38(20-14-24)16-8-4-5-11-29(40)36-25-10-9-18-39(23-25)17-7-3-1-2-6-12-30(41)42/h22,24-25H,1-21,23,35H2,(H,36,40)(H,37,43)(H,41,42)/t25-/m1/s1. The number of rotatable bonds is 17. The fraction of sp³-hybridized carbons (Fsp3) is 0.727. The monoisotopic (exact) mass is 633 g/mol. The fourth-order valence-electron chi connectivity index (χ4n) is 6.72. The van der Waals surface area contributed by atoms with Crippen LogP contribution in [0.3, 0.4) is 0 Å². The predicted octanol–water partition coefficient (Wildman–Crippen LogP) is 4.62. The summed E-state index contributed by atoms with van der Waals surface area (Å²) in [4.78, 5) is 41.1. The van der Waals surface area contributed by atoms with Gasteiger partial charge in [0.25, 0.3) is 5.91 Å². The SMILES string of the molecule is Nc1c(Cl)cc(C(=O)NC2CCN(CCCCCC(=O)N[C@@H]3CCCN(CCCCCCCC(=O)O)C3)CC2)c2c1CCO2. The third-order valence-corrected chi connectivity index (χ3v) is 9.56. The molecule has 246 valence electrons. The van der Waals surface area contributed by atoms with Crippen LogP contribution < -0.4 is 21.1 Å². The van der Waals surface area contributed by atoms with Crippen molar-refractivity contribution < 1.29 is 24.2 Å². The Kier molecular flexibility index (Phi) is 13.9. The number of nitrogen functional groups attached to an aromatic ring is 1. The number of amides is 2. The summed E-state index contributed by atoms with van der Waals surface area (Å²) >= 11 is 6.27. The van der Waals surface area contributed by atoms with Crippen molar-refractivity contribution >= 4 is 35.1 Å². The van der Waals surface area contributed by atoms with Crippen molar-refractivity contribution in [3.63, 3.8) is 0 Å². The number of unbranched alkanes of at least 4 members (excludes halogenated alkanes) is 6. The normalized spacial score (nSPS) is 19.3. The summed E-state index contributed by atoms with van der Waals surface area (Å²) < 4.78 is 5.70. The molecule has 2 saturated heterocycles. The van der Waals surface area contributed by atoms with Gasteiger partial charge >= 0.3 is 5.97 Å². The van der Waals surface area contributed by atoms with E-state index in [9.17, 15) is 14.4 Å². The zero-order valence-corrected chi connectivity index (χ0v) is 27.0. The minimum Gasteiger partial charge on any atom is -0.492 e. The number of carboxylic acids is 1. The van der Waals surface area contributed by atoms with E-state index in [2.05, 4.69) is 20.4 Å². The zero-order valence-electron chi connectivity index (χ0n) is 26.2. The van der Waals surface area contributed by atoms with Crippen LogP contribution >= 0.6 is 11.6 Å².